The molecule has 0 aromatic carbocycles. The van der Waals surface area contributed by atoms with E-state index in [1.165, 1.54) is 4.88 Å². The summed E-state index contributed by atoms with van der Waals surface area (Å²) < 4.78 is 0. The van der Waals surface area contributed by atoms with Crippen molar-refractivity contribution in [1.82, 2.24) is 5.32 Å². The molecule has 0 bridgehead atoms. The van der Waals surface area contributed by atoms with Crippen LogP contribution in [0.25, 0.3) is 0 Å². The lowest BCUT2D eigenvalue weighted by Gasteiger charge is -2.41. The predicted molar refractivity (Wildman–Crippen MR) is 96.6 cm³/mol. The van der Waals surface area contributed by atoms with Gasteiger partial charge in [0.2, 0.25) is 5.91 Å². The maximum atomic E-state index is 12.0. The van der Waals surface area contributed by atoms with Crippen LogP contribution in [0.2, 0.25) is 0 Å². The van der Waals surface area contributed by atoms with Gasteiger partial charge in [0, 0.05) is 17.8 Å². The van der Waals surface area contributed by atoms with Crippen LogP contribution in [0.15, 0.2) is 17.5 Å². The molecule has 2 N–H and O–H groups in total. The molecule has 1 aliphatic carbocycles. The van der Waals surface area contributed by atoms with Gasteiger partial charge in [-0.15, -0.1) is 11.3 Å². The fraction of sp³-hybridized carbons (Fsp3) is 0.737. The van der Waals surface area contributed by atoms with E-state index in [1.807, 2.05) is 6.07 Å². The summed E-state index contributed by atoms with van der Waals surface area (Å²) >= 11 is 1.74. The second-order valence-corrected chi connectivity index (χ2v) is 9.11. The predicted octanol–water partition coefficient (Wildman–Crippen LogP) is 4.15. The van der Waals surface area contributed by atoms with E-state index in [4.69, 9.17) is 0 Å². The normalized spacial score (nSPS) is 25.3. The van der Waals surface area contributed by atoms with Crippen molar-refractivity contribution in [2.75, 3.05) is 6.54 Å². The third-order valence-corrected chi connectivity index (χ3v) is 6.10. The Morgan fingerprint density at radius 1 is 1.39 bits per heavy atom. The first kappa shape index (κ1) is 18.5. The van der Waals surface area contributed by atoms with Gasteiger partial charge in [-0.25, -0.2) is 0 Å². The zero-order valence-corrected chi connectivity index (χ0v) is 15.5. The molecule has 0 unspecified atom stereocenters. The lowest BCUT2D eigenvalue weighted by atomic mass is 9.68. The van der Waals surface area contributed by atoms with Crippen molar-refractivity contribution in [2.45, 2.75) is 71.3 Å². The zero-order valence-electron chi connectivity index (χ0n) is 14.7. The molecule has 2 rings (SSSR count). The average molecular weight is 338 g/mol. The smallest absolute Gasteiger partial charge is 0.220 e. The van der Waals surface area contributed by atoms with Gasteiger partial charge in [0.1, 0.15) is 0 Å². The Bertz CT molecular complexity index is 482. The van der Waals surface area contributed by atoms with Gasteiger partial charge in [-0.3, -0.25) is 4.79 Å². The first-order valence-corrected chi connectivity index (χ1v) is 9.68. The molecule has 0 radical (unpaired) electrons. The van der Waals surface area contributed by atoms with Gasteiger partial charge in [0.15, 0.2) is 0 Å². The minimum absolute atomic E-state index is 0.0629. The van der Waals surface area contributed by atoms with Crippen LogP contribution in [-0.4, -0.2) is 23.2 Å². The van der Waals surface area contributed by atoms with E-state index in [0.717, 1.165) is 38.5 Å². The highest BCUT2D eigenvalue weighted by Crippen LogP contribution is 2.41. The Kier molecular flexibility index (Phi) is 6.26. The minimum atomic E-state index is -0.703. The molecule has 1 amide bonds. The molecule has 1 aromatic heterocycles. The number of hydrogen-bond acceptors (Lipinski definition) is 3. The molecule has 1 aliphatic rings. The van der Waals surface area contributed by atoms with Crippen LogP contribution in [-0.2, 0) is 11.2 Å². The topological polar surface area (TPSA) is 49.3 Å². The molecule has 1 saturated carbocycles. The fourth-order valence-electron chi connectivity index (χ4n) is 3.43. The number of aryl methyl sites for hydroxylation is 1. The third-order valence-electron chi connectivity index (χ3n) is 5.16. The summed E-state index contributed by atoms with van der Waals surface area (Å²) in [5, 5.41) is 15.7. The number of hydrogen-bond donors (Lipinski definition) is 2. The Labute approximate surface area is 144 Å². The third kappa shape index (κ3) is 5.92. The quantitative estimate of drug-likeness (QED) is 0.819. The van der Waals surface area contributed by atoms with Gasteiger partial charge in [0.25, 0.3) is 0 Å². The molecule has 0 saturated heterocycles. The highest BCUT2D eigenvalue weighted by Gasteiger charge is 2.37. The van der Waals surface area contributed by atoms with Gasteiger partial charge in [-0.1, -0.05) is 26.8 Å². The maximum Gasteiger partial charge on any atom is 0.220 e. The fourth-order valence-corrected chi connectivity index (χ4v) is 4.18. The Morgan fingerprint density at radius 3 is 2.65 bits per heavy atom. The summed E-state index contributed by atoms with van der Waals surface area (Å²) in [6.45, 7) is 7.23. The highest BCUT2D eigenvalue weighted by atomic mass is 32.1. The molecule has 1 fully saturated rings. The van der Waals surface area contributed by atoms with Crippen molar-refractivity contribution < 1.29 is 9.90 Å². The largest absolute Gasteiger partial charge is 0.388 e. The number of rotatable bonds is 6. The lowest BCUT2D eigenvalue weighted by molar-refractivity contribution is -0.123. The van der Waals surface area contributed by atoms with Gasteiger partial charge >= 0.3 is 0 Å². The second kappa shape index (κ2) is 7.80. The Hall–Kier alpha value is -0.870. The Balaban J connectivity index is 1.66. The van der Waals surface area contributed by atoms with Crippen LogP contribution >= 0.6 is 11.3 Å². The van der Waals surface area contributed by atoms with Crippen LogP contribution in [0, 0.1) is 11.3 Å². The Morgan fingerprint density at radius 2 is 2.09 bits per heavy atom. The summed E-state index contributed by atoms with van der Waals surface area (Å²) in [5.74, 6) is 0.734. The number of amides is 1. The second-order valence-electron chi connectivity index (χ2n) is 8.07. The zero-order chi connectivity index (χ0) is 16.9. The SMILES string of the molecule is CC(C)(C)C1CCC(O)(CNC(=O)CCCc2cccs2)CC1. The molecule has 23 heavy (non-hydrogen) atoms. The number of aliphatic hydroxyl groups is 1. The average Bonchev–Trinajstić information content (AvgIpc) is 2.98. The lowest BCUT2D eigenvalue weighted by Crippen LogP contribution is -2.46. The van der Waals surface area contributed by atoms with Gasteiger partial charge in [-0.2, -0.15) is 0 Å². The van der Waals surface area contributed by atoms with Crippen LogP contribution in [0.1, 0.15) is 64.2 Å². The van der Waals surface area contributed by atoms with Crippen molar-refractivity contribution in [3.8, 4) is 0 Å². The van der Waals surface area contributed by atoms with Gasteiger partial charge in [-0.05, 0) is 61.3 Å². The molecule has 1 heterocycles. The molecule has 130 valence electrons. The minimum Gasteiger partial charge on any atom is -0.388 e. The number of nitrogens with one attached hydrogen (secondary N) is 1. The number of carbonyl (C=O) groups is 1. The van der Waals surface area contributed by atoms with E-state index >= 15 is 0 Å². The van der Waals surface area contributed by atoms with Crippen LogP contribution in [0.5, 0.6) is 0 Å². The molecule has 3 nitrogen and oxygen atoms in total. The number of carbonyl (C=O) groups excluding carboxylic acids is 1. The van der Waals surface area contributed by atoms with Crippen molar-refractivity contribution >= 4 is 17.2 Å². The van der Waals surface area contributed by atoms with Crippen molar-refractivity contribution in [3.63, 3.8) is 0 Å². The summed E-state index contributed by atoms with van der Waals surface area (Å²) in [6.07, 6.45) is 6.06. The van der Waals surface area contributed by atoms with Crippen molar-refractivity contribution in [3.05, 3.63) is 22.4 Å². The van der Waals surface area contributed by atoms with E-state index in [9.17, 15) is 9.90 Å². The van der Waals surface area contributed by atoms with E-state index in [1.54, 1.807) is 11.3 Å². The maximum absolute atomic E-state index is 12.0. The first-order valence-electron chi connectivity index (χ1n) is 8.80. The van der Waals surface area contributed by atoms with E-state index in [0.29, 0.717) is 24.3 Å². The van der Waals surface area contributed by atoms with Gasteiger partial charge in [0.05, 0.1) is 5.60 Å². The van der Waals surface area contributed by atoms with Crippen molar-refractivity contribution in [2.24, 2.45) is 11.3 Å². The van der Waals surface area contributed by atoms with Crippen LogP contribution in [0.4, 0.5) is 0 Å². The standard InChI is InChI=1S/C19H31NO2S/c1-18(2,3)15-9-11-19(22,12-10-15)14-20-17(21)8-4-6-16-7-5-13-23-16/h5,7,13,15,22H,4,6,8-12,14H2,1-3H3,(H,20,21). The van der Waals surface area contributed by atoms with Crippen LogP contribution < -0.4 is 5.32 Å². The van der Waals surface area contributed by atoms with E-state index in [2.05, 4.69) is 37.5 Å². The molecular formula is C19H31NO2S. The molecule has 4 heteroatoms. The summed E-state index contributed by atoms with van der Waals surface area (Å²) in [5.41, 5.74) is -0.391. The number of thiophene rings is 1. The molecule has 0 spiro atoms. The molecular weight excluding hydrogens is 306 g/mol. The summed E-state index contributed by atoms with van der Waals surface area (Å²) in [4.78, 5) is 13.3. The highest BCUT2D eigenvalue weighted by molar-refractivity contribution is 7.09. The van der Waals surface area contributed by atoms with Crippen molar-refractivity contribution in [1.29, 1.82) is 0 Å². The molecule has 1 aromatic rings. The molecule has 0 atom stereocenters. The van der Waals surface area contributed by atoms with Crippen LogP contribution in [0.3, 0.4) is 0 Å². The summed E-state index contributed by atoms with van der Waals surface area (Å²) in [6, 6.07) is 4.16. The van der Waals surface area contributed by atoms with E-state index < -0.39 is 5.60 Å². The van der Waals surface area contributed by atoms with Gasteiger partial charge < -0.3 is 10.4 Å². The molecule has 0 aliphatic heterocycles. The first-order chi connectivity index (χ1) is 10.8. The van der Waals surface area contributed by atoms with E-state index in [-0.39, 0.29) is 5.91 Å². The monoisotopic (exact) mass is 337 g/mol. The summed E-state index contributed by atoms with van der Waals surface area (Å²) in [7, 11) is 0.